The summed E-state index contributed by atoms with van der Waals surface area (Å²) in [6.45, 7) is 3.19. The molecule has 22 heavy (non-hydrogen) atoms. The molecule has 2 atom stereocenters. The van der Waals surface area contributed by atoms with Gasteiger partial charge >= 0.3 is 5.97 Å². The third-order valence-corrected chi connectivity index (χ3v) is 3.88. The van der Waals surface area contributed by atoms with Gasteiger partial charge in [-0.1, -0.05) is 6.42 Å². The third kappa shape index (κ3) is 3.75. The van der Waals surface area contributed by atoms with Crippen LogP contribution in [0.2, 0.25) is 0 Å². The molecule has 120 valence electrons. The molecule has 0 bridgehead atoms. The summed E-state index contributed by atoms with van der Waals surface area (Å²) in [5.74, 6) is -1.83. The maximum Gasteiger partial charge on any atom is 0.308 e. The van der Waals surface area contributed by atoms with Crippen molar-refractivity contribution in [1.82, 2.24) is 5.32 Å². The normalized spacial score (nSPS) is 21.4. The quantitative estimate of drug-likeness (QED) is 0.875. The maximum absolute atomic E-state index is 12.9. The first-order valence-electron chi connectivity index (χ1n) is 7.28. The van der Waals surface area contributed by atoms with Gasteiger partial charge in [0.25, 0.3) is 5.91 Å². The summed E-state index contributed by atoms with van der Waals surface area (Å²) in [5.41, 5.74) is -1.18. The molecule has 0 heterocycles. The lowest BCUT2D eigenvalue weighted by Gasteiger charge is -2.28. The van der Waals surface area contributed by atoms with Gasteiger partial charge in [0, 0.05) is 6.04 Å². The minimum Gasteiger partial charge on any atom is -0.481 e. The van der Waals surface area contributed by atoms with E-state index in [0.717, 1.165) is 6.42 Å². The number of hydrogen-bond acceptors (Lipinski definition) is 3. The standard InChI is InChI=1S/C16H20FNO4/c1-16(2,22-11-8-6-10(17)7-9-11)15(21)18-13-5-3-4-12(13)14(19)20/h6-9,12-13H,3-5H2,1-2H3,(H,18,21)(H,19,20)/t12-,13-/m1/s1. The first kappa shape index (κ1) is 16.3. The average molecular weight is 309 g/mol. The molecule has 1 aromatic carbocycles. The second-order valence-corrected chi connectivity index (χ2v) is 6.02. The van der Waals surface area contributed by atoms with Gasteiger partial charge < -0.3 is 15.2 Å². The molecule has 1 aliphatic carbocycles. The highest BCUT2D eigenvalue weighted by Crippen LogP contribution is 2.27. The smallest absolute Gasteiger partial charge is 0.308 e. The molecule has 6 heteroatoms. The number of hydrogen-bond donors (Lipinski definition) is 2. The SMILES string of the molecule is CC(C)(Oc1ccc(F)cc1)C(=O)N[C@@H]1CCC[C@H]1C(=O)O. The molecule has 0 saturated heterocycles. The van der Waals surface area contributed by atoms with E-state index in [1.54, 1.807) is 13.8 Å². The Morgan fingerprint density at radius 1 is 1.27 bits per heavy atom. The van der Waals surface area contributed by atoms with E-state index in [-0.39, 0.29) is 17.8 Å². The van der Waals surface area contributed by atoms with Crippen LogP contribution >= 0.6 is 0 Å². The number of aliphatic carboxylic acids is 1. The fourth-order valence-corrected chi connectivity index (χ4v) is 2.61. The molecule has 2 N–H and O–H groups in total. The van der Waals surface area contributed by atoms with Crippen LogP contribution in [0.3, 0.4) is 0 Å². The highest BCUT2D eigenvalue weighted by molar-refractivity contribution is 5.85. The number of carboxylic acid groups (broad SMARTS) is 1. The molecule has 1 saturated carbocycles. The Morgan fingerprint density at radius 2 is 1.91 bits per heavy atom. The van der Waals surface area contributed by atoms with Crippen LogP contribution in [0.5, 0.6) is 5.75 Å². The number of amides is 1. The van der Waals surface area contributed by atoms with Crippen molar-refractivity contribution in [2.45, 2.75) is 44.8 Å². The number of halogens is 1. The number of carboxylic acids is 1. The molecule has 2 rings (SSSR count). The lowest BCUT2D eigenvalue weighted by Crippen LogP contribution is -2.51. The summed E-state index contributed by atoms with van der Waals surface area (Å²) in [4.78, 5) is 23.5. The highest BCUT2D eigenvalue weighted by atomic mass is 19.1. The van der Waals surface area contributed by atoms with Crippen LogP contribution in [-0.2, 0) is 9.59 Å². The monoisotopic (exact) mass is 309 g/mol. The number of nitrogens with one attached hydrogen (secondary N) is 1. The number of rotatable bonds is 5. The van der Waals surface area contributed by atoms with Crippen molar-refractivity contribution in [1.29, 1.82) is 0 Å². The third-order valence-electron chi connectivity index (χ3n) is 3.88. The molecule has 1 aliphatic rings. The van der Waals surface area contributed by atoms with Gasteiger partial charge in [-0.05, 0) is 51.0 Å². The van der Waals surface area contributed by atoms with Gasteiger partial charge in [-0.2, -0.15) is 0 Å². The lowest BCUT2D eigenvalue weighted by molar-refractivity contribution is -0.143. The van der Waals surface area contributed by atoms with Gasteiger partial charge in [0.05, 0.1) is 5.92 Å². The Bertz CT molecular complexity index is 556. The van der Waals surface area contributed by atoms with E-state index in [1.165, 1.54) is 24.3 Å². The zero-order valence-corrected chi connectivity index (χ0v) is 12.6. The van der Waals surface area contributed by atoms with Crippen molar-refractivity contribution in [2.24, 2.45) is 5.92 Å². The molecule has 1 fully saturated rings. The van der Waals surface area contributed by atoms with Crippen molar-refractivity contribution in [3.8, 4) is 5.75 Å². The molecule has 0 aromatic heterocycles. The van der Waals surface area contributed by atoms with Crippen molar-refractivity contribution in [3.63, 3.8) is 0 Å². The predicted molar refractivity (Wildman–Crippen MR) is 78.0 cm³/mol. The fourth-order valence-electron chi connectivity index (χ4n) is 2.61. The van der Waals surface area contributed by atoms with E-state index >= 15 is 0 Å². The Morgan fingerprint density at radius 3 is 2.50 bits per heavy atom. The Hall–Kier alpha value is -2.11. The van der Waals surface area contributed by atoms with E-state index in [9.17, 15) is 14.0 Å². The highest BCUT2D eigenvalue weighted by Gasteiger charge is 2.38. The number of benzene rings is 1. The zero-order chi connectivity index (χ0) is 16.3. The summed E-state index contributed by atoms with van der Waals surface area (Å²) >= 11 is 0. The zero-order valence-electron chi connectivity index (χ0n) is 12.6. The van der Waals surface area contributed by atoms with Crippen molar-refractivity contribution in [3.05, 3.63) is 30.1 Å². The van der Waals surface area contributed by atoms with Crippen LogP contribution in [-0.4, -0.2) is 28.6 Å². The molecule has 5 nitrogen and oxygen atoms in total. The Labute approximate surface area is 128 Å². The van der Waals surface area contributed by atoms with E-state index < -0.39 is 17.5 Å². The largest absolute Gasteiger partial charge is 0.481 e. The Kier molecular flexibility index (Phi) is 4.68. The predicted octanol–water partition coefficient (Wildman–Crippen LogP) is 2.35. The van der Waals surface area contributed by atoms with E-state index in [0.29, 0.717) is 18.6 Å². The number of ether oxygens (including phenoxy) is 1. The first-order valence-corrected chi connectivity index (χ1v) is 7.28. The van der Waals surface area contributed by atoms with Crippen molar-refractivity contribution >= 4 is 11.9 Å². The van der Waals surface area contributed by atoms with Gasteiger partial charge in [-0.3, -0.25) is 9.59 Å². The summed E-state index contributed by atoms with van der Waals surface area (Å²) < 4.78 is 18.5. The van der Waals surface area contributed by atoms with Gasteiger partial charge in [0.2, 0.25) is 0 Å². The van der Waals surface area contributed by atoms with Gasteiger partial charge in [-0.15, -0.1) is 0 Å². The van der Waals surface area contributed by atoms with Gasteiger partial charge in [0.15, 0.2) is 5.60 Å². The first-order chi connectivity index (χ1) is 10.3. The number of carbonyl (C=O) groups excluding carboxylic acids is 1. The Balaban J connectivity index is 2.00. The topological polar surface area (TPSA) is 75.6 Å². The second-order valence-electron chi connectivity index (χ2n) is 6.02. The van der Waals surface area contributed by atoms with Crippen LogP contribution in [0.4, 0.5) is 4.39 Å². The minimum absolute atomic E-state index is 0.374. The minimum atomic E-state index is -1.18. The molecule has 0 radical (unpaired) electrons. The average Bonchev–Trinajstić information content (AvgIpc) is 2.89. The summed E-state index contributed by atoms with van der Waals surface area (Å²) in [6, 6.07) is 5.02. The van der Waals surface area contributed by atoms with E-state index in [2.05, 4.69) is 5.32 Å². The second kappa shape index (κ2) is 6.34. The van der Waals surface area contributed by atoms with Crippen LogP contribution in [0.25, 0.3) is 0 Å². The molecular formula is C16H20FNO4. The van der Waals surface area contributed by atoms with Gasteiger partial charge in [0.1, 0.15) is 11.6 Å². The molecule has 1 aromatic rings. The summed E-state index contributed by atoms with van der Waals surface area (Å²) in [5, 5.41) is 11.9. The maximum atomic E-state index is 12.9. The molecule has 0 unspecified atom stereocenters. The van der Waals surface area contributed by atoms with Crippen molar-refractivity contribution in [2.75, 3.05) is 0 Å². The fraction of sp³-hybridized carbons (Fsp3) is 0.500. The van der Waals surface area contributed by atoms with E-state index in [4.69, 9.17) is 9.84 Å². The molecule has 0 aliphatic heterocycles. The lowest BCUT2D eigenvalue weighted by atomic mass is 10.0. The van der Waals surface area contributed by atoms with Gasteiger partial charge in [-0.25, -0.2) is 4.39 Å². The molecule has 0 spiro atoms. The summed E-state index contributed by atoms with van der Waals surface area (Å²) in [7, 11) is 0. The number of carbonyl (C=O) groups is 2. The van der Waals surface area contributed by atoms with Crippen LogP contribution in [0, 0.1) is 11.7 Å². The molecular weight excluding hydrogens is 289 g/mol. The van der Waals surface area contributed by atoms with Crippen molar-refractivity contribution < 1.29 is 23.8 Å². The summed E-state index contributed by atoms with van der Waals surface area (Å²) in [6.07, 6.45) is 2.00. The molecule has 1 amide bonds. The van der Waals surface area contributed by atoms with Crippen LogP contribution < -0.4 is 10.1 Å². The van der Waals surface area contributed by atoms with E-state index in [1.807, 2.05) is 0 Å². The van der Waals surface area contributed by atoms with Crippen LogP contribution in [0.1, 0.15) is 33.1 Å². The van der Waals surface area contributed by atoms with Crippen LogP contribution in [0.15, 0.2) is 24.3 Å².